The Hall–Kier alpha value is -2.15. The lowest BCUT2D eigenvalue weighted by molar-refractivity contribution is -0.384. The molecule has 2 aromatic rings. The maximum atomic E-state index is 10.7. The molecule has 2 rings (SSSR count). The van der Waals surface area contributed by atoms with Crippen molar-refractivity contribution in [1.82, 2.24) is 4.98 Å². The molecule has 1 N–H and O–H groups in total. The number of hydrogen-bond acceptors (Lipinski definition) is 6. The zero-order valence-corrected chi connectivity index (χ0v) is 12.2. The molecule has 7 heteroatoms. The Bertz CT molecular complexity index is 609. The lowest BCUT2D eigenvalue weighted by Gasteiger charge is -2.06. The van der Waals surface area contributed by atoms with E-state index in [0.29, 0.717) is 36.2 Å². The fraction of sp³-hybridized carbons (Fsp3) is 0.500. The second-order valence-electron chi connectivity index (χ2n) is 5.18. The summed E-state index contributed by atoms with van der Waals surface area (Å²) in [5, 5.41) is 13.7. The summed E-state index contributed by atoms with van der Waals surface area (Å²) in [4.78, 5) is 14.4. The van der Waals surface area contributed by atoms with Crippen molar-refractivity contribution in [2.45, 2.75) is 20.3 Å². The first-order chi connectivity index (χ1) is 10.1. The van der Waals surface area contributed by atoms with Crippen LogP contribution in [0.4, 0.5) is 11.7 Å². The van der Waals surface area contributed by atoms with Gasteiger partial charge in [-0.2, -0.15) is 4.98 Å². The van der Waals surface area contributed by atoms with Gasteiger partial charge in [-0.25, -0.2) is 0 Å². The Morgan fingerprint density at radius 1 is 1.48 bits per heavy atom. The second-order valence-corrected chi connectivity index (χ2v) is 5.18. The monoisotopic (exact) mass is 293 g/mol. The van der Waals surface area contributed by atoms with Gasteiger partial charge in [-0.1, -0.05) is 13.8 Å². The molecule has 1 aromatic carbocycles. The zero-order chi connectivity index (χ0) is 15.2. The number of non-ortho nitro benzene ring substituents is 1. The number of nitrogens with zero attached hydrogens (tertiary/aromatic N) is 2. The van der Waals surface area contributed by atoms with Gasteiger partial charge in [-0.15, -0.1) is 0 Å². The summed E-state index contributed by atoms with van der Waals surface area (Å²) in [6.45, 7) is 6.32. The average molecular weight is 293 g/mol. The van der Waals surface area contributed by atoms with Crippen molar-refractivity contribution < 1.29 is 14.1 Å². The van der Waals surface area contributed by atoms with Crippen LogP contribution in [0.1, 0.15) is 20.3 Å². The van der Waals surface area contributed by atoms with Crippen molar-refractivity contribution in [2.24, 2.45) is 5.92 Å². The number of oxazole rings is 1. The molecular weight excluding hydrogens is 274 g/mol. The molecule has 0 amide bonds. The predicted octanol–water partition coefficient (Wildman–Crippen LogP) is 3.21. The molecule has 0 aliphatic heterocycles. The second kappa shape index (κ2) is 7.03. The molecule has 1 heterocycles. The van der Waals surface area contributed by atoms with E-state index >= 15 is 0 Å². The lowest BCUT2D eigenvalue weighted by atomic mass is 10.2. The fourth-order valence-corrected chi connectivity index (χ4v) is 1.79. The first kappa shape index (κ1) is 15.2. The summed E-state index contributed by atoms with van der Waals surface area (Å²) in [6, 6.07) is 4.73. The van der Waals surface area contributed by atoms with Crippen molar-refractivity contribution in [1.29, 1.82) is 0 Å². The molecule has 0 atom stereocenters. The van der Waals surface area contributed by atoms with Crippen LogP contribution in [0.5, 0.6) is 0 Å². The van der Waals surface area contributed by atoms with E-state index in [4.69, 9.17) is 9.15 Å². The van der Waals surface area contributed by atoms with Crippen LogP contribution in [-0.4, -0.2) is 29.7 Å². The Labute approximate surface area is 122 Å². The van der Waals surface area contributed by atoms with Gasteiger partial charge in [0.25, 0.3) is 11.7 Å². The van der Waals surface area contributed by atoms with Crippen molar-refractivity contribution in [3.8, 4) is 0 Å². The number of hydrogen-bond donors (Lipinski definition) is 1. The van der Waals surface area contributed by atoms with Gasteiger partial charge in [0.1, 0.15) is 5.52 Å². The molecule has 0 saturated carbocycles. The van der Waals surface area contributed by atoms with Crippen LogP contribution in [0.2, 0.25) is 0 Å². The van der Waals surface area contributed by atoms with Crippen LogP contribution in [0.25, 0.3) is 11.1 Å². The number of rotatable bonds is 8. The SMILES string of the molecule is CC(C)COCCCNc1nc2ccc([N+](=O)[O-])cc2o1. The quantitative estimate of drug-likeness (QED) is 0.456. The van der Waals surface area contributed by atoms with E-state index in [2.05, 4.69) is 24.1 Å². The molecule has 0 fully saturated rings. The first-order valence-corrected chi connectivity index (χ1v) is 6.93. The minimum Gasteiger partial charge on any atom is -0.423 e. The highest BCUT2D eigenvalue weighted by Crippen LogP contribution is 2.23. The molecule has 0 aliphatic carbocycles. The molecule has 0 unspecified atom stereocenters. The number of aromatic nitrogens is 1. The van der Waals surface area contributed by atoms with Gasteiger partial charge >= 0.3 is 0 Å². The highest BCUT2D eigenvalue weighted by Gasteiger charge is 2.11. The van der Waals surface area contributed by atoms with Gasteiger partial charge in [-0.3, -0.25) is 10.1 Å². The summed E-state index contributed by atoms with van der Waals surface area (Å²) < 4.78 is 10.9. The van der Waals surface area contributed by atoms with Gasteiger partial charge in [0.05, 0.1) is 11.0 Å². The molecular formula is C14H19N3O4. The number of nitro benzene ring substituents is 1. The van der Waals surface area contributed by atoms with E-state index in [9.17, 15) is 10.1 Å². The summed E-state index contributed by atoms with van der Waals surface area (Å²) in [6.07, 6.45) is 0.839. The summed E-state index contributed by atoms with van der Waals surface area (Å²) >= 11 is 0. The van der Waals surface area contributed by atoms with E-state index in [1.54, 1.807) is 6.07 Å². The van der Waals surface area contributed by atoms with Crippen LogP contribution in [0.15, 0.2) is 22.6 Å². The molecule has 0 aliphatic rings. The van der Waals surface area contributed by atoms with E-state index < -0.39 is 4.92 Å². The van der Waals surface area contributed by atoms with Crippen molar-refractivity contribution in [3.05, 3.63) is 28.3 Å². The molecule has 0 bridgehead atoms. The number of nitro groups is 1. The Morgan fingerprint density at radius 2 is 2.29 bits per heavy atom. The van der Waals surface area contributed by atoms with E-state index in [0.717, 1.165) is 13.0 Å². The predicted molar refractivity (Wildman–Crippen MR) is 79.4 cm³/mol. The normalized spacial score (nSPS) is 11.2. The van der Waals surface area contributed by atoms with Crippen LogP contribution >= 0.6 is 0 Å². The topological polar surface area (TPSA) is 90.4 Å². The van der Waals surface area contributed by atoms with Gasteiger partial charge in [-0.05, 0) is 18.4 Å². The van der Waals surface area contributed by atoms with Gasteiger partial charge < -0.3 is 14.5 Å². The minimum absolute atomic E-state index is 0.00714. The van der Waals surface area contributed by atoms with Gasteiger partial charge in [0, 0.05) is 25.8 Å². The number of anilines is 1. The Morgan fingerprint density at radius 3 is 3.00 bits per heavy atom. The highest BCUT2D eigenvalue weighted by molar-refractivity contribution is 5.77. The number of benzene rings is 1. The summed E-state index contributed by atoms with van der Waals surface area (Å²) in [5.41, 5.74) is 0.995. The van der Waals surface area contributed by atoms with Crippen LogP contribution in [-0.2, 0) is 4.74 Å². The third-order valence-corrected chi connectivity index (χ3v) is 2.78. The standard InChI is InChI=1S/C14H19N3O4/c1-10(2)9-20-7-3-6-15-14-16-12-5-4-11(17(18)19)8-13(12)21-14/h4-5,8,10H,3,6-7,9H2,1-2H3,(H,15,16). The Kier molecular flexibility index (Phi) is 5.10. The smallest absolute Gasteiger partial charge is 0.295 e. The van der Waals surface area contributed by atoms with Crippen LogP contribution < -0.4 is 5.32 Å². The van der Waals surface area contributed by atoms with Gasteiger partial charge in [0.2, 0.25) is 0 Å². The molecule has 21 heavy (non-hydrogen) atoms. The van der Waals surface area contributed by atoms with E-state index in [1.165, 1.54) is 12.1 Å². The van der Waals surface area contributed by atoms with E-state index in [-0.39, 0.29) is 5.69 Å². The number of nitrogens with one attached hydrogen (secondary N) is 1. The van der Waals surface area contributed by atoms with Gasteiger partial charge in [0.15, 0.2) is 5.58 Å². The van der Waals surface area contributed by atoms with E-state index in [1.807, 2.05) is 0 Å². The fourth-order valence-electron chi connectivity index (χ4n) is 1.79. The highest BCUT2D eigenvalue weighted by atomic mass is 16.6. The minimum atomic E-state index is -0.457. The molecule has 114 valence electrons. The van der Waals surface area contributed by atoms with Crippen molar-refractivity contribution in [3.63, 3.8) is 0 Å². The number of fused-ring (bicyclic) bond motifs is 1. The molecule has 0 saturated heterocycles. The van der Waals surface area contributed by atoms with Crippen molar-refractivity contribution in [2.75, 3.05) is 25.1 Å². The molecule has 7 nitrogen and oxygen atoms in total. The first-order valence-electron chi connectivity index (χ1n) is 6.93. The third kappa shape index (κ3) is 4.42. The maximum absolute atomic E-state index is 10.7. The molecule has 0 spiro atoms. The molecule has 0 radical (unpaired) electrons. The maximum Gasteiger partial charge on any atom is 0.295 e. The third-order valence-electron chi connectivity index (χ3n) is 2.78. The zero-order valence-electron chi connectivity index (χ0n) is 12.2. The van der Waals surface area contributed by atoms with Crippen LogP contribution in [0, 0.1) is 16.0 Å². The lowest BCUT2D eigenvalue weighted by Crippen LogP contribution is -2.08. The largest absolute Gasteiger partial charge is 0.423 e. The van der Waals surface area contributed by atoms with Crippen molar-refractivity contribution >= 4 is 22.8 Å². The van der Waals surface area contributed by atoms with Crippen LogP contribution in [0.3, 0.4) is 0 Å². The molecule has 1 aromatic heterocycles. The number of ether oxygens (including phenoxy) is 1. The summed E-state index contributed by atoms with van der Waals surface area (Å²) in [5.74, 6) is 0.533. The average Bonchev–Trinajstić information content (AvgIpc) is 2.83. The Balaban J connectivity index is 1.84. The summed E-state index contributed by atoms with van der Waals surface area (Å²) in [7, 11) is 0.